The Morgan fingerprint density at radius 2 is 1.83 bits per heavy atom. The van der Waals surface area contributed by atoms with Crippen LogP contribution in [0.4, 0.5) is 0 Å². The van der Waals surface area contributed by atoms with Gasteiger partial charge < -0.3 is 24.2 Å². The van der Waals surface area contributed by atoms with Crippen molar-refractivity contribution in [3.8, 4) is 23.0 Å². The van der Waals surface area contributed by atoms with Crippen LogP contribution in [0.2, 0.25) is 0 Å². The molecule has 29 heavy (non-hydrogen) atoms. The molecule has 0 atom stereocenters. The number of hydrogen-bond donors (Lipinski definition) is 1. The van der Waals surface area contributed by atoms with Gasteiger partial charge in [0.2, 0.25) is 5.78 Å². The predicted octanol–water partition coefficient (Wildman–Crippen LogP) is 1.96. The van der Waals surface area contributed by atoms with Crippen molar-refractivity contribution in [1.29, 1.82) is 0 Å². The van der Waals surface area contributed by atoms with Crippen molar-refractivity contribution in [3.05, 3.63) is 52.8 Å². The van der Waals surface area contributed by atoms with Crippen LogP contribution in [0.5, 0.6) is 23.0 Å². The number of fused-ring (bicyclic) bond motifs is 1. The molecule has 2 aromatic carbocycles. The van der Waals surface area contributed by atoms with E-state index in [1.807, 2.05) is 6.07 Å². The smallest absolute Gasteiger partial charge is 0.231 e. The van der Waals surface area contributed by atoms with Crippen molar-refractivity contribution < 1.29 is 29.0 Å². The Bertz CT molecular complexity index is 960. The highest BCUT2D eigenvalue weighted by Gasteiger charge is 2.31. The zero-order valence-electron chi connectivity index (χ0n) is 16.7. The Balaban J connectivity index is 1.64. The maximum atomic E-state index is 12.9. The number of piperidine rings is 1. The summed E-state index contributed by atoms with van der Waals surface area (Å²) in [4.78, 5) is 14.2. The molecule has 0 aromatic heterocycles. The predicted molar refractivity (Wildman–Crippen MR) is 107 cm³/mol. The van der Waals surface area contributed by atoms with Crippen LogP contribution in [0.3, 0.4) is 0 Å². The number of carbonyl (C=O) groups excluding carboxylic acids is 1. The van der Waals surface area contributed by atoms with Crippen LogP contribution in [-0.2, 0) is 6.54 Å². The quantitative estimate of drug-likeness (QED) is 0.784. The van der Waals surface area contributed by atoms with Crippen LogP contribution in [0.25, 0.3) is 6.08 Å². The Hall–Kier alpha value is -2.99. The minimum atomic E-state index is -0.204. The molecular weight excluding hydrogens is 370 g/mol. The topological polar surface area (TPSA) is 72.3 Å². The second kappa shape index (κ2) is 8.17. The number of quaternary nitrogens is 1. The first kappa shape index (κ1) is 19.3. The third-order valence-electron chi connectivity index (χ3n) is 5.59. The summed E-state index contributed by atoms with van der Waals surface area (Å²) in [6.45, 7) is 2.69. The molecule has 1 fully saturated rings. The van der Waals surface area contributed by atoms with Gasteiger partial charge in [0.15, 0.2) is 17.3 Å². The van der Waals surface area contributed by atoms with Crippen LogP contribution in [-0.4, -0.2) is 33.1 Å². The molecule has 2 aromatic rings. The molecule has 1 saturated heterocycles. The molecular formula is C23H25NO5. The van der Waals surface area contributed by atoms with Crippen LogP contribution in [0.15, 0.2) is 36.1 Å². The van der Waals surface area contributed by atoms with Gasteiger partial charge in [0.1, 0.15) is 12.3 Å². The van der Waals surface area contributed by atoms with Crippen LogP contribution in [0, 0.1) is 0 Å². The third-order valence-corrected chi connectivity index (χ3v) is 5.59. The number of benzene rings is 2. The number of methoxy groups -OCH3 is 2. The van der Waals surface area contributed by atoms with Gasteiger partial charge in [-0.05, 0) is 49.1 Å². The van der Waals surface area contributed by atoms with Crippen molar-refractivity contribution >= 4 is 11.9 Å². The molecule has 0 unspecified atom stereocenters. The second-order valence-corrected chi connectivity index (χ2v) is 7.46. The number of ether oxygens (including phenoxy) is 3. The summed E-state index contributed by atoms with van der Waals surface area (Å²) >= 11 is 0. The summed E-state index contributed by atoms with van der Waals surface area (Å²) in [5.74, 6) is 1.55. The molecule has 2 heterocycles. The fourth-order valence-electron chi connectivity index (χ4n) is 4.03. The monoisotopic (exact) mass is 395 g/mol. The summed E-state index contributed by atoms with van der Waals surface area (Å²) in [5, 5.41) is 12.5. The minimum Gasteiger partial charge on any atom is -0.872 e. The summed E-state index contributed by atoms with van der Waals surface area (Å²) in [6.07, 6.45) is 5.26. The molecule has 2 aliphatic heterocycles. The van der Waals surface area contributed by atoms with Crippen LogP contribution < -0.4 is 24.2 Å². The number of likely N-dealkylation sites (tertiary alicyclic amines) is 1. The zero-order chi connectivity index (χ0) is 20.4. The largest absolute Gasteiger partial charge is 0.872 e. The lowest BCUT2D eigenvalue weighted by molar-refractivity contribution is -0.918. The number of hydrogen-bond acceptors (Lipinski definition) is 5. The SMILES string of the molecule is COc1ccc(/C=C2\Oc3c(ccc([O-])c3C[NH+]3CCCCC3)C2=O)cc1OC. The molecule has 0 saturated carbocycles. The van der Waals surface area contributed by atoms with E-state index in [4.69, 9.17) is 14.2 Å². The number of allylic oxidation sites excluding steroid dienone is 1. The Labute approximate surface area is 170 Å². The van der Waals surface area contributed by atoms with Gasteiger partial charge in [0.25, 0.3) is 0 Å². The van der Waals surface area contributed by atoms with E-state index in [9.17, 15) is 9.90 Å². The lowest BCUT2D eigenvalue weighted by atomic mass is 10.0. The molecule has 4 rings (SSSR count). The Morgan fingerprint density at radius 1 is 1.07 bits per heavy atom. The molecule has 0 bridgehead atoms. The van der Waals surface area contributed by atoms with Gasteiger partial charge in [-0.2, -0.15) is 0 Å². The van der Waals surface area contributed by atoms with Gasteiger partial charge in [-0.1, -0.05) is 17.9 Å². The molecule has 2 aliphatic rings. The third kappa shape index (κ3) is 3.80. The van der Waals surface area contributed by atoms with E-state index in [0.29, 0.717) is 34.9 Å². The maximum Gasteiger partial charge on any atom is 0.231 e. The van der Waals surface area contributed by atoms with Crippen LogP contribution in [0.1, 0.15) is 40.7 Å². The zero-order valence-corrected chi connectivity index (χ0v) is 16.7. The number of nitrogens with one attached hydrogen (secondary N) is 1. The first-order valence-corrected chi connectivity index (χ1v) is 9.93. The van der Waals surface area contributed by atoms with E-state index in [1.165, 1.54) is 30.2 Å². The molecule has 6 nitrogen and oxygen atoms in total. The fourth-order valence-corrected chi connectivity index (χ4v) is 4.03. The van der Waals surface area contributed by atoms with E-state index in [1.54, 1.807) is 38.5 Å². The summed E-state index contributed by atoms with van der Waals surface area (Å²) in [6, 6.07) is 8.44. The standard InChI is InChI=1S/C23H25NO5/c1-27-19-9-6-15(12-20(19)28-2)13-21-22(26)16-7-8-18(25)17(23(16)29-21)14-24-10-4-3-5-11-24/h6-9,12-13,25H,3-5,10-11,14H2,1-2H3/b21-13-. The van der Waals surface area contributed by atoms with Gasteiger partial charge in [-0.3, -0.25) is 4.79 Å². The van der Waals surface area contributed by atoms with E-state index >= 15 is 0 Å². The Kier molecular flexibility index (Phi) is 5.45. The van der Waals surface area contributed by atoms with E-state index < -0.39 is 0 Å². The van der Waals surface area contributed by atoms with E-state index in [0.717, 1.165) is 18.7 Å². The van der Waals surface area contributed by atoms with Gasteiger partial charge in [-0.15, -0.1) is 0 Å². The van der Waals surface area contributed by atoms with E-state index in [-0.39, 0.29) is 17.3 Å². The summed E-state index contributed by atoms with van der Waals surface area (Å²) < 4.78 is 16.5. The fraction of sp³-hybridized carbons (Fsp3) is 0.348. The molecule has 0 spiro atoms. The van der Waals surface area contributed by atoms with Crippen molar-refractivity contribution in [3.63, 3.8) is 0 Å². The first-order valence-electron chi connectivity index (χ1n) is 9.93. The maximum absolute atomic E-state index is 12.9. The molecule has 6 heteroatoms. The number of ketones is 1. The highest BCUT2D eigenvalue weighted by atomic mass is 16.5. The first-order chi connectivity index (χ1) is 14.1. The normalized spacial score (nSPS) is 17.9. The molecule has 0 radical (unpaired) electrons. The van der Waals surface area contributed by atoms with Gasteiger partial charge >= 0.3 is 0 Å². The lowest BCUT2D eigenvalue weighted by Gasteiger charge is -2.26. The van der Waals surface area contributed by atoms with Crippen molar-refractivity contribution in [2.24, 2.45) is 0 Å². The molecule has 0 amide bonds. The van der Waals surface area contributed by atoms with Gasteiger partial charge in [-0.25, -0.2) is 0 Å². The van der Waals surface area contributed by atoms with E-state index in [2.05, 4.69) is 0 Å². The van der Waals surface area contributed by atoms with Crippen molar-refractivity contribution in [1.82, 2.24) is 0 Å². The lowest BCUT2D eigenvalue weighted by Crippen LogP contribution is -3.11. The number of carbonyl (C=O) groups is 1. The van der Waals surface area contributed by atoms with Gasteiger partial charge in [0.05, 0.1) is 32.9 Å². The average molecular weight is 395 g/mol. The second-order valence-electron chi connectivity index (χ2n) is 7.46. The van der Waals surface area contributed by atoms with Crippen molar-refractivity contribution in [2.45, 2.75) is 25.8 Å². The highest BCUT2D eigenvalue weighted by Crippen LogP contribution is 2.38. The number of Topliss-reactive ketones (excluding diaryl/α,β-unsaturated/α-hetero) is 1. The molecule has 152 valence electrons. The minimum absolute atomic E-state index is 0.0676. The summed E-state index contributed by atoms with van der Waals surface area (Å²) in [5.41, 5.74) is 1.82. The number of rotatable bonds is 5. The van der Waals surface area contributed by atoms with Crippen LogP contribution >= 0.6 is 0 Å². The highest BCUT2D eigenvalue weighted by molar-refractivity contribution is 6.15. The van der Waals surface area contributed by atoms with Crippen molar-refractivity contribution in [2.75, 3.05) is 27.3 Å². The summed E-state index contributed by atoms with van der Waals surface area (Å²) in [7, 11) is 3.13. The Morgan fingerprint density at radius 3 is 2.55 bits per heavy atom. The average Bonchev–Trinajstić information content (AvgIpc) is 3.06. The van der Waals surface area contributed by atoms with Gasteiger partial charge in [0, 0.05) is 5.56 Å². The molecule has 1 N–H and O–H groups in total. The molecule has 0 aliphatic carbocycles.